The second-order valence-corrected chi connectivity index (χ2v) is 8.26. The van der Waals surface area contributed by atoms with Crippen LogP contribution in [-0.2, 0) is 16.6 Å². The van der Waals surface area contributed by atoms with E-state index in [0.717, 1.165) is 5.56 Å². The lowest BCUT2D eigenvalue weighted by Gasteiger charge is -2.19. The molecule has 0 bridgehead atoms. The summed E-state index contributed by atoms with van der Waals surface area (Å²) in [5.74, 6) is 0.776. The maximum Gasteiger partial charge on any atom is 0.284 e. The Hall–Kier alpha value is -3.94. The Balaban J connectivity index is 1.63. The number of benzene rings is 2. The standard InChI is InChI=1S/C24H25N3O5/c1-24(2,3)17-7-5-16(6-8-17)13-23(28)26-25-15-19-10-12-22(32-19)20-11-9-18(31-4)14-21(20)27(29)30/h5-12,14-15H,13H2,1-4H3,(H,26,28)/b25-15-. The molecule has 1 N–H and O–H groups in total. The lowest BCUT2D eigenvalue weighted by Crippen LogP contribution is -2.20. The summed E-state index contributed by atoms with van der Waals surface area (Å²) >= 11 is 0. The van der Waals surface area contributed by atoms with Crippen LogP contribution in [0.5, 0.6) is 5.75 Å². The zero-order valence-corrected chi connectivity index (χ0v) is 18.4. The third-order valence-corrected chi connectivity index (χ3v) is 4.86. The monoisotopic (exact) mass is 435 g/mol. The molecule has 1 heterocycles. The van der Waals surface area contributed by atoms with Crippen molar-refractivity contribution in [2.24, 2.45) is 5.10 Å². The summed E-state index contributed by atoms with van der Waals surface area (Å²) in [5.41, 5.74) is 4.79. The summed E-state index contributed by atoms with van der Waals surface area (Å²) in [7, 11) is 1.44. The number of rotatable bonds is 7. The van der Waals surface area contributed by atoms with Crippen LogP contribution in [0.15, 0.2) is 64.1 Å². The van der Waals surface area contributed by atoms with Gasteiger partial charge in [-0.25, -0.2) is 5.43 Å². The molecule has 1 aromatic heterocycles. The number of methoxy groups -OCH3 is 1. The van der Waals surface area contributed by atoms with Crippen LogP contribution in [-0.4, -0.2) is 24.2 Å². The highest BCUT2D eigenvalue weighted by molar-refractivity contribution is 5.82. The van der Waals surface area contributed by atoms with E-state index in [1.54, 1.807) is 24.3 Å². The molecule has 8 heteroatoms. The van der Waals surface area contributed by atoms with Gasteiger partial charge in [-0.05, 0) is 40.8 Å². The Morgan fingerprint density at radius 3 is 2.50 bits per heavy atom. The maximum absolute atomic E-state index is 12.1. The summed E-state index contributed by atoms with van der Waals surface area (Å²) in [6, 6.07) is 15.6. The zero-order valence-electron chi connectivity index (χ0n) is 18.4. The molecule has 8 nitrogen and oxygen atoms in total. The van der Waals surface area contributed by atoms with Gasteiger partial charge < -0.3 is 9.15 Å². The molecule has 0 unspecified atom stereocenters. The number of ether oxygens (including phenoxy) is 1. The second kappa shape index (κ2) is 9.47. The number of carbonyl (C=O) groups is 1. The number of nitro groups is 1. The van der Waals surface area contributed by atoms with Crippen LogP contribution in [0.25, 0.3) is 11.3 Å². The van der Waals surface area contributed by atoms with Crippen LogP contribution in [0.2, 0.25) is 0 Å². The lowest BCUT2D eigenvalue weighted by atomic mass is 9.86. The maximum atomic E-state index is 12.1. The molecule has 0 saturated carbocycles. The van der Waals surface area contributed by atoms with E-state index in [9.17, 15) is 14.9 Å². The summed E-state index contributed by atoms with van der Waals surface area (Å²) in [4.78, 5) is 23.0. The molecule has 0 radical (unpaired) electrons. The Morgan fingerprint density at radius 2 is 1.88 bits per heavy atom. The van der Waals surface area contributed by atoms with Gasteiger partial charge in [-0.1, -0.05) is 45.0 Å². The largest absolute Gasteiger partial charge is 0.497 e. The minimum absolute atomic E-state index is 0.0548. The molecule has 166 valence electrons. The van der Waals surface area contributed by atoms with Gasteiger partial charge in [0.25, 0.3) is 5.69 Å². The number of amides is 1. The first-order chi connectivity index (χ1) is 15.2. The highest BCUT2D eigenvalue weighted by atomic mass is 16.6. The first-order valence-electron chi connectivity index (χ1n) is 10.0. The summed E-state index contributed by atoms with van der Waals surface area (Å²) < 4.78 is 10.7. The highest BCUT2D eigenvalue weighted by Crippen LogP contribution is 2.33. The van der Waals surface area contributed by atoms with Crippen LogP contribution in [0.4, 0.5) is 5.69 Å². The predicted molar refractivity (Wildman–Crippen MR) is 122 cm³/mol. The summed E-state index contributed by atoms with van der Waals surface area (Å²) in [6.45, 7) is 6.41. The van der Waals surface area contributed by atoms with Crippen LogP contribution in [0.1, 0.15) is 37.7 Å². The van der Waals surface area contributed by atoms with Gasteiger partial charge in [0.1, 0.15) is 17.3 Å². The molecule has 3 aromatic rings. The fourth-order valence-corrected chi connectivity index (χ4v) is 3.08. The molecule has 0 atom stereocenters. The van der Waals surface area contributed by atoms with Crippen molar-refractivity contribution in [3.8, 4) is 17.1 Å². The van der Waals surface area contributed by atoms with E-state index in [0.29, 0.717) is 22.8 Å². The number of hydrogen-bond acceptors (Lipinski definition) is 6. The number of hydrogen-bond donors (Lipinski definition) is 1. The second-order valence-electron chi connectivity index (χ2n) is 8.26. The van der Waals surface area contributed by atoms with Gasteiger partial charge in [0, 0.05) is 0 Å². The third-order valence-electron chi connectivity index (χ3n) is 4.86. The van der Waals surface area contributed by atoms with E-state index in [4.69, 9.17) is 9.15 Å². The van der Waals surface area contributed by atoms with Crippen LogP contribution >= 0.6 is 0 Å². The topological polar surface area (TPSA) is 107 Å². The van der Waals surface area contributed by atoms with Gasteiger partial charge in [-0.2, -0.15) is 5.10 Å². The van der Waals surface area contributed by atoms with Crippen molar-refractivity contribution in [3.05, 3.63) is 81.6 Å². The van der Waals surface area contributed by atoms with E-state index in [1.165, 1.54) is 25.0 Å². The molecule has 0 aliphatic heterocycles. The van der Waals surface area contributed by atoms with E-state index in [-0.39, 0.29) is 23.4 Å². The minimum atomic E-state index is -0.498. The fourth-order valence-electron chi connectivity index (χ4n) is 3.08. The smallest absolute Gasteiger partial charge is 0.284 e. The number of nitrogens with one attached hydrogen (secondary N) is 1. The van der Waals surface area contributed by atoms with Crippen LogP contribution in [0, 0.1) is 10.1 Å². The van der Waals surface area contributed by atoms with Crippen molar-refractivity contribution < 1.29 is 18.9 Å². The van der Waals surface area contributed by atoms with Crippen molar-refractivity contribution in [3.63, 3.8) is 0 Å². The van der Waals surface area contributed by atoms with Crippen molar-refractivity contribution in [1.29, 1.82) is 0 Å². The average molecular weight is 435 g/mol. The van der Waals surface area contributed by atoms with Gasteiger partial charge >= 0.3 is 0 Å². The molecule has 0 spiro atoms. The summed E-state index contributed by atoms with van der Waals surface area (Å²) in [5, 5.41) is 15.3. The quantitative estimate of drug-likeness (QED) is 0.324. The van der Waals surface area contributed by atoms with Gasteiger partial charge in [-0.3, -0.25) is 14.9 Å². The molecular formula is C24H25N3O5. The van der Waals surface area contributed by atoms with E-state index < -0.39 is 4.92 Å². The van der Waals surface area contributed by atoms with E-state index in [2.05, 4.69) is 31.3 Å². The van der Waals surface area contributed by atoms with Crippen molar-refractivity contribution in [2.45, 2.75) is 32.6 Å². The molecule has 3 rings (SSSR count). The zero-order chi connectivity index (χ0) is 23.3. The van der Waals surface area contributed by atoms with Crippen molar-refractivity contribution in [1.82, 2.24) is 5.43 Å². The minimum Gasteiger partial charge on any atom is -0.497 e. The average Bonchev–Trinajstić information content (AvgIpc) is 3.21. The highest BCUT2D eigenvalue weighted by Gasteiger charge is 2.19. The third kappa shape index (κ3) is 5.60. The lowest BCUT2D eigenvalue weighted by molar-refractivity contribution is -0.384. The first-order valence-corrected chi connectivity index (χ1v) is 10.0. The first kappa shape index (κ1) is 22.7. The number of nitrogens with zero attached hydrogens (tertiary/aromatic N) is 2. The summed E-state index contributed by atoms with van der Waals surface area (Å²) in [6.07, 6.45) is 1.54. The van der Waals surface area contributed by atoms with E-state index >= 15 is 0 Å². The molecule has 32 heavy (non-hydrogen) atoms. The van der Waals surface area contributed by atoms with Gasteiger partial charge in [0.05, 0.1) is 36.3 Å². The predicted octanol–water partition coefficient (Wildman–Crippen LogP) is 4.85. The van der Waals surface area contributed by atoms with Gasteiger partial charge in [0.15, 0.2) is 0 Å². The Labute approximate surface area is 186 Å². The number of furan rings is 1. The van der Waals surface area contributed by atoms with Crippen molar-refractivity contribution in [2.75, 3.05) is 7.11 Å². The number of nitro benzene ring substituents is 1. The molecule has 0 aliphatic carbocycles. The Morgan fingerprint density at radius 1 is 1.16 bits per heavy atom. The number of hydrazone groups is 1. The molecular weight excluding hydrogens is 410 g/mol. The van der Waals surface area contributed by atoms with Crippen molar-refractivity contribution >= 4 is 17.8 Å². The molecule has 0 fully saturated rings. The van der Waals surface area contributed by atoms with E-state index in [1.807, 2.05) is 24.3 Å². The normalized spacial score (nSPS) is 11.5. The Bertz CT molecular complexity index is 1140. The SMILES string of the molecule is COc1ccc(-c2ccc(/C=N\NC(=O)Cc3ccc(C(C)(C)C)cc3)o2)c([N+](=O)[O-])c1. The fraction of sp³-hybridized carbons (Fsp3) is 0.250. The Kier molecular flexibility index (Phi) is 6.73. The molecule has 2 aromatic carbocycles. The molecule has 1 amide bonds. The molecule has 0 saturated heterocycles. The van der Waals surface area contributed by atoms with Gasteiger partial charge in [0.2, 0.25) is 5.91 Å². The van der Waals surface area contributed by atoms with Crippen LogP contribution < -0.4 is 10.2 Å². The van der Waals surface area contributed by atoms with Crippen LogP contribution in [0.3, 0.4) is 0 Å². The molecule has 0 aliphatic rings. The number of carbonyl (C=O) groups excluding carboxylic acids is 1. The van der Waals surface area contributed by atoms with Gasteiger partial charge in [-0.15, -0.1) is 0 Å².